The van der Waals surface area contributed by atoms with Crippen LogP contribution >= 0.6 is 34.9 Å². The molecule has 0 aliphatic carbocycles. The number of aromatic nitrogens is 2. The molecule has 2 aromatic heterocycles. The molecule has 1 fully saturated rings. The number of thioether (sulfide) groups is 2. The van der Waals surface area contributed by atoms with Gasteiger partial charge in [0.2, 0.25) is 0 Å². The average Bonchev–Trinajstić information content (AvgIpc) is 3.05. The molecule has 7 heteroatoms. The zero-order chi connectivity index (χ0) is 13.9. The lowest BCUT2D eigenvalue weighted by atomic mass is 10.0. The Morgan fingerprint density at radius 3 is 3.10 bits per heavy atom. The standard InChI is InChI=1S/C13H20N4S3/c1-2-11-12(19-6-5-18-11)10(16-14)7-9-8-17-3-4-20-13(17)15-9/h3-4,8,10-12,16H,2,5-7,14H2,1H3. The highest BCUT2D eigenvalue weighted by atomic mass is 32.2. The lowest BCUT2D eigenvalue weighted by molar-refractivity contribution is 0.487. The molecule has 3 N–H and O–H groups in total. The van der Waals surface area contributed by atoms with Crippen molar-refractivity contribution in [2.45, 2.75) is 36.3 Å². The molecule has 20 heavy (non-hydrogen) atoms. The van der Waals surface area contributed by atoms with Crippen molar-refractivity contribution >= 4 is 39.8 Å². The van der Waals surface area contributed by atoms with Gasteiger partial charge in [-0.05, 0) is 6.42 Å². The van der Waals surface area contributed by atoms with E-state index in [0.717, 1.165) is 17.1 Å². The number of nitrogens with two attached hydrogens (primary N) is 1. The fourth-order valence-electron chi connectivity index (χ4n) is 2.68. The maximum atomic E-state index is 5.83. The van der Waals surface area contributed by atoms with Crippen LogP contribution in [0.15, 0.2) is 17.8 Å². The summed E-state index contributed by atoms with van der Waals surface area (Å²) in [6.45, 7) is 2.27. The molecule has 1 aliphatic rings. The van der Waals surface area contributed by atoms with E-state index in [4.69, 9.17) is 5.84 Å². The normalized spacial score (nSPS) is 25.1. The lowest BCUT2D eigenvalue weighted by Gasteiger charge is -2.35. The molecule has 0 bridgehead atoms. The third-order valence-electron chi connectivity index (χ3n) is 3.68. The number of fused-ring (bicyclic) bond motifs is 1. The largest absolute Gasteiger partial charge is 0.297 e. The summed E-state index contributed by atoms with van der Waals surface area (Å²) >= 11 is 5.83. The molecule has 0 amide bonds. The molecular weight excluding hydrogens is 308 g/mol. The van der Waals surface area contributed by atoms with Crippen molar-refractivity contribution in [3.8, 4) is 0 Å². The van der Waals surface area contributed by atoms with Crippen LogP contribution in [0.3, 0.4) is 0 Å². The van der Waals surface area contributed by atoms with Crippen molar-refractivity contribution in [2.24, 2.45) is 5.84 Å². The van der Waals surface area contributed by atoms with Crippen molar-refractivity contribution in [1.29, 1.82) is 0 Å². The minimum atomic E-state index is 0.294. The van der Waals surface area contributed by atoms with E-state index < -0.39 is 0 Å². The summed E-state index contributed by atoms with van der Waals surface area (Å²) in [5, 5.41) is 3.33. The van der Waals surface area contributed by atoms with E-state index in [1.54, 1.807) is 11.3 Å². The molecule has 3 rings (SSSR count). The van der Waals surface area contributed by atoms with Crippen LogP contribution in [0.2, 0.25) is 0 Å². The highest BCUT2D eigenvalue weighted by Gasteiger charge is 2.32. The van der Waals surface area contributed by atoms with Crippen molar-refractivity contribution in [3.05, 3.63) is 23.5 Å². The monoisotopic (exact) mass is 328 g/mol. The topological polar surface area (TPSA) is 55.3 Å². The van der Waals surface area contributed by atoms with Gasteiger partial charge in [0.25, 0.3) is 0 Å². The summed E-state index contributed by atoms with van der Waals surface area (Å²) in [6.07, 6.45) is 6.29. The van der Waals surface area contributed by atoms with Crippen molar-refractivity contribution in [3.63, 3.8) is 0 Å². The van der Waals surface area contributed by atoms with Crippen molar-refractivity contribution in [1.82, 2.24) is 14.8 Å². The van der Waals surface area contributed by atoms with Gasteiger partial charge in [0, 0.05) is 52.2 Å². The van der Waals surface area contributed by atoms with Crippen LogP contribution in [0, 0.1) is 0 Å². The molecule has 3 unspecified atom stereocenters. The van der Waals surface area contributed by atoms with Gasteiger partial charge in [0.1, 0.15) is 0 Å². The maximum Gasteiger partial charge on any atom is 0.193 e. The first-order valence-corrected chi connectivity index (χ1v) is 9.90. The predicted molar refractivity (Wildman–Crippen MR) is 90.7 cm³/mol. The van der Waals surface area contributed by atoms with Gasteiger partial charge in [-0.3, -0.25) is 15.7 Å². The van der Waals surface area contributed by atoms with Crippen LogP contribution in [0.25, 0.3) is 4.96 Å². The van der Waals surface area contributed by atoms with Gasteiger partial charge in [-0.1, -0.05) is 6.92 Å². The second kappa shape index (κ2) is 6.70. The van der Waals surface area contributed by atoms with Crippen LogP contribution in [-0.2, 0) is 6.42 Å². The minimum Gasteiger partial charge on any atom is -0.297 e. The summed E-state index contributed by atoms with van der Waals surface area (Å²) in [7, 11) is 0. The van der Waals surface area contributed by atoms with Gasteiger partial charge in [-0.25, -0.2) is 4.98 Å². The number of rotatable bonds is 5. The second-order valence-corrected chi connectivity index (χ2v) is 8.46. The number of nitrogens with one attached hydrogen (secondary N) is 1. The number of hydrogen-bond donors (Lipinski definition) is 2. The van der Waals surface area contributed by atoms with Crippen molar-refractivity contribution < 1.29 is 0 Å². The zero-order valence-corrected chi connectivity index (χ0v) is 13.9. The third-order valence-corrected chi connectivity index (χ3v) is 7.85. The Morgan fingerprint density at radius 2 is 2.35 bits per heavy atom. The highest BCUT2D eigenvalue weighted by molar-refractivity contribution is 8.07. The quantitative estimate of drug-likeness (QED) is 0.652. The Labute approximate surface area is 131 Å². The molecule has 4 nitrogen and oxygen atoms in total. The van der Waals surface area contributed by atoms with Gasteiger partial charge in [-0.15, -0.1) is 11.3 Å². The molecule has 3 atom stereocenters. The third kappa shape index (κ3) is 3.01. The van der Waals surface area contributed by atoms with Gasteiger partial charge < -0.3 is 0 Å². The Hall–Kier alpha value is -0.210. The van der Waals surface area contributed by atoms with Crippen LogP contribution in [0.4, 0.5) is 0 Å². The number of nitrogens with zero attached hydrogens (tertiary/aromatic N) is 2. The van der Waals surface area contributed by atoms with Crippen LogP contribution in [-0.4, -0.2) is 37.4 Å². The van der Waals surface area contributed by atoms with Crippen LogP contribution in [0.5, 0.6) is 0 Å². The second-order valence-electron chi connectivity index (χ2n) is 4.96. The van der Waals surface area contributed by atoms with E-state index in [1.807, 2.05) is 0 Å². The molecule has 110 valence electrons. The predicted octanol–water partition coefficient (Wildman–Crippen LogP) is 2.40. The Balaban J connectivity index is 1.73. The minimum absolute atomic E-state index is 0.294. The summed E-state index contributed by atoms with van der Waals surface area (Å²) in [6, 6.07) is 0.294. The SMILES string of the molecule is CCC1SCCSC1C(Cc1cn2ccsc2n1)NN. The number of hydrazine groups is 1. The Bertz CT molecular complexity index is 524. The molecule has 0 saturated carbocycles. The molecule has 1 aliphatic heterocycles. The lowest BCUT2D eigenvalue weighted by Crippen LogP contribution is -2.49. The van der Waals surface area contributed by atoms with E-state index in [9.17, 15) is 0 Å². The zero-order valence-electron chi connectivity index (χ0n) is 11.5. The Morgan fingerprint density at radius 1 is 1.50 bits per heavy atom. The van der Waals surface area contributed by atoms with E-state index in [2.05, 4.69) is 63.0 Å². The Kier molecular flexibility index (Phi) is 4.93. The number of imidazole rings is 1. The molecule has 0 aromatic carbocycles. The summed E-state index contributed by atoms with van der Waals surface area (Å²) in [5.41, 5.74) is 4.17. The van der Waals surface area contributed by atoms with Crippen LogP contribution < -0.4 is 11.3 Å². The molecule has 3 heterocycles. The van der Waals surface area contributed by atoms with Gasteiger partial charge in [0.15, 0.2) is 4.96 Å². The first kappa shape index (κ1) is 14.7. The van der Waals surface area contributed by atoms with Gasteiger partial charge >= 0.3 is 0 Å². The summed E-state index contributed by atoms with van der Waals surface area (Å²) in [5.74, 6) is 8.32. The van der Waals surface area contributed by atoms with E-state index >= 15 is 0 Å². The van der Waals surface area contributed by atoms with Gasteiger partial charge in [0.05, 0.1) is 5.69 Å². The summed E-state index contributed by atoms with van der Waals surface area (Å²) in [4.78, 5) is 5.74. The molecule has 0 spiro atoms. The van der Waals surface area contributed by atoms with Crippen molar-refractivity contribution in [2.75, 3.05) is 11.5 Å². The fourth-order valence-corrected chi connectivity index (χ4v) is 6.65. The molecular formula is C13H20N4S3. The summed E-state index contributed by atoms with van der Waals surface area (Å²) < 4.78 is 2.09. The fraction of sp³-hybridized carbons (Fsp3) is 0.615. The first-order valence-electron chi connectivity index (χ1n) is 6.92. The van der Waals surface area contributed by atoms with E-state index in [0.29, 0.717) is 16.5 Å². The van der Waals surface area contributed by atoms with E-state index in [1.165, 1.54) is 17.9 Å². The molecule has 0 radical (unpaired) electrons. The maximum absolute atomic E-state index is 5.83. The van der Waals surface area contributed by atoms with Gasteiger partial charge in [-0.2, -0.15) is 23.5 Å². The van der Waals surface area contributed by atoms with Crippen LogP contribution in [0.1, 0.15) is 19.0 Å². The first-order chi connectivity index (χ1) is 9.81. The highest BCUT2D eigenvalue weighted by Crippen LogP contribution is 2.35. The molecule has 1 saturated heterocycles. The molecule has 2 aromatic rings. The van der Waals surface area contributed by atoms with E-state index in [-0.39, 0.29) is 0 Å². The average molecular weight is 329 g/mol. The smallest absolute Gasteiger partial charge is 0.193 e. The number of thiazole rings is 1. The number of hydrogen-bond acceptors (Lipinski definition) is 6.